The number of carbonyl (C=O) groups excluding carboxylic acids is 1. The van der Waals surface area contributed by atoms with Gasteiger partial charge in [-0.3, -0.25) is 15.5 Å². The third kappa shape index (κ3) is 5.24. The van der Waals surface area contributed by atoms with Crippen molar-refractivity contribution in [3.8, 4) is 5.75 Å². The zero-order chi connectivity index (χ0) is 18.2. The average molecular weight is 409 g/mol. The van der Waals surface area contributed by atoms with E-state index in [0.29, 0.717) is 15.8 Å². The first-order valence-corrected chi connectivity index (χ1v) is 7.68. The molecule has 1 aromatic carbocycles. The highest BCUT2D eigenvalue weighted by molar-refractivity contribution is 9.10. The van der Waals surface area contributed by atoms with Crippen LogP contribution in [0.1, 0.15) is 5.56 Å². The van der Waals surface area contributed by atoms with E-state index in [1.165, 1.54) is 31.7 Å². The molecule has 0 fully saturated rings. The minimum atomic E-state index is -0.547. The number of esters is 1. The Balaban J connectivity index is 2.03. The summed E-state index contributed by atoms with van der Waals surface area (Å²) in [5, 5.41) is 14.8. The lowest BCUT2D eigenvalue weighted by Crippen LogP contribution is -2.12. The predicted molar refractivity (Wildman–Crippen MR) is 93.8 cm³/mol. The van der Waals surface area contributed by atoms with Gasteiger partial charge in [-0.1, -0.05) is 0 Å². The van der Waals surface area contributed by atoms with Crippen LogP contribution in [-0.4, -0.2) is 35.8 Å². The summed E-state index contributed by atoms with van der Waals surface area (Å²) < 4.78 is 10.4. The largest absolute Gasteiger partial charge is 0.481 e. The fraction of sp³-hybridized carbons (Fsp3) is 0.133. The third-order valence-electron chi connectivity index (χ3n) is 2.90. The number of pyridine rings is 1. The molecule has 0 spiro atoms. The molecule has 1 heterocycles. The number of anilines is 1. The van der Waals surface area contributed by atoms with Gasteiger partial charge in [-0.25, -0.2) is 9.78 Å². The van der Waals surface area contributed by atoms with Crippen molar-refractivity contribution in [1.29, 1.82) is 0 Å². The molecule has 0 saturated heterocycles. The van der Waals surface area contributed by atoms with Crippen molar-refractivity contribution in [2.75, 3.05) is 19.1 Å². The number of hydrogen-bond acceptors (Lipinski definition) is 8. The average Bonchev–Trinajstić information content (AvgIpc) is 2.61. The van der Waals surface area contributed by atoms with Crippen LogP contribution < -0.4 is 10.2 Å². The monoisotopic (exact) mass is 408 g/mol. The van der Waals surface area contributed by atoms with Crippen molar-refractivity contribution in [2.45, 2.75) is 0 Å². The van der Waals surface area contributed by atoms with Crippen molar-refractivity contribution in [1.82, 2.24) is 4.98 Å². The number of ether oxygens (including phenoxy) is 2. The molecule has 0 amide bonds. The van der Waals surface area contributed by atoms with E-state index >= 15 is 0 Å². The van der Waals surface area contributed by atoms with Gasteiger partial charge >= 0.3 is 11.7 Å². The number of benzene rings is 1. The van der Waals surface area contributed by atoms with E-state index in [1.54, 1.807) is 18.2 Å². The Hall–Kier alpha value is -3.01. The van der Waals surface area contributed by atoms with Crippen molar-refractivity contribution < 1.29 is 19.2 Å². The zero-order valence-corrected chi connectivity index (χ0v) is 14.6. The van der Waals surface area contributed by atoms with Crippen molar-refractivity contribution >= 4 is 39.6 Å². The Morgan fingerprint density at radius 2 is 2.28 bits per heavy atom. The molecule has 25 heavy (non-hydrogen) atoms. The number of nitrogens with one attached hydrogen (secondary N) is 1. The molecule has 130 valence electrons. The number of carbonyl (C=O) groups is 1. The molecular weight excluding hydrogens is 396 g/mol. The lowest BCUT2D eigenvalue weighted by molar-refractivity contribution is -0.384. The van der Waals surface area contributed by atoms with Crippen LogP contribution in [0.2, 0.25) is 0 Å². The van der Waals surface area contributed by atoms with Crippen LogP contribution in [0.25, 0.3) is 0 Å². The maximum absolute atomic E-state index is 11.1. The van der Waals surface area contributed by atoms with Gasteiger partial charge in [0.15, 0.2) is 6.61 Å². The number of aromatic nitrogens is 1. The molecule has 9 nitrogen and oxygen atoms in total. The smallest absolute Gasteiger partial charge is 0.343 e. The fourth-order valence-corrected chi connectivity index (χ4v) is 2.22. The Kier molecular flexibility index (Phi) is 6.40. The first kappa shape index (κ1) is 18.3. The van der Waals surface area contributed by atoms with Gasteiger partial charge in [-0.05, 0) is 45.8 Å². The van der Waals surface area contributed by atoms with Gasteiger partial charge in [0.2, 0.25) is 5.82 Å². The van der Waals surface area contributed by atoms with Crippen LogP contribution in [0.5, 0.6) is 5.75 Å². The maximum Gasteiger partial charge on any atom is 0.343 e. The summed E-state index contributed by atoms with van der Waals surface area (Å²) >= 11 is 3.33. The minimum Gasteiger partial charge on any atom is -0.481 e. The molecular formula is C15H13BrN4O5. The Labute approximate surface area is 150 Å². The predicted octanol–water partition coefficient (Wildman–Crippen LogP) is 2.75. The molecule has 0 aliphatic rings. The lowest BCUT2D eigenvalue weighted by Gasteiger charge is -2.07. The van der Waals surface area contributed by atoms with E-state index in [9.17, 15) is 14.9 Å². The highest BCUT2D eigenvalue weighted by Crippen LogP contribution is 2.25. The number of hydrogen-bond donors (Lipinski definition) is 1. The molecule has 10 heteroatoms. The standard InChI is InChI=1S/C15H13BrN4O5/c1-24-14(21)9-25-13-5-4-10(7-11(13)16)8-18-19-15-12(20(22)23)3-2-6-17-15/h2-8H,9H2,1H3,(H,17,19)/b18-8-. The molecule has 1 aromatic heterocycles. The van der Waals surface area contributed by atoms with Gasteiger partial charge < -0.3 is 9.47 Å². The van der Waals surface area contributed by atoms with Crippen LogP contribution in [0.3, 0.4) is 0 Å². The third-order valence-corrected chi connectivity index (χ3v) is 3.52. The van der Waals surface area contributed by atoms with Gasteiger partial charge in [0, 0.05) is 12.3 Å². The lowest BCUT2D eigenvalue weighted by atomic mass is 10.2. The highest BCUT2D eigenvalue weighted by Gasteiger charge is 2.13. The molecule has 0 aliphatic heterocycles. The Morgan fingerprint density at radius 1 is 1.48 bits per heavy atom. The van der Waals surface area contributed by atoms with E-state index in [2.05, 4.69) is 36.2 Å². The van der Waals surface area contributed by atoms with Crippen LogP contribution in [0.15, 0.2) is 46.1 Å². The van der Waals surface area contributed by atoms with E-state index < -0.39 is 10.9 Å². The maximum atomic E-state index is 11.1. The quantitative estimate of drug-likeness (QED) is 0.324. The summed E-state index contributed by atoms with van der Waals surface area (Å²) in [6.45, 7) is -0.201. The summed E-state index contributed by atoms with van der Waals surface area (Å²) in [6, 6.07) is 7.86. The summed E-state index contributed by atoms with van der Waals surface area (Å²) in [7, 11) is 1.28. The van der Waals surface area contributed by atoms with Gasteiger partial charge in [-0.15, -0.1) is 0 Å². The first-order chi connectivity index (χ1) is 12.0. The van der Waals surface area contributed by atoms with E-state index in [4.69, 9.17) is 4.74 Å². The number of halogens is 1. The Bertz CT molecular complexity index is 812. The summed E-state index contributed by atoms with van der Waals surface area (Å²) in [4.78, 5) is 25.3. The molecule has 0 saturated carbocycles. The number of rotatable bonds is 7. The van der Waals surface area contributed by atoms with Gasteiger partial charge in [-0.2, -0.15) is 5.10 Å². The van der Waals surface area contributed by atoms with Gasteiger partial charge in [0.05, 0.1) is 22.7 Å². The molecule has 0 radical (unpaired) electrons. The van der Waals surface area contributed by atoms with Crippen molar-refractivity contribution in [2.24, 2.45) is 5.10 Å². The minimum absolute atomic E-state index is 0.0425. The summed E-state index contributed by atoms with van der Waals surface area (Å²) in [5.41, 5.74) is 3.06. The zero-order valence-electron chi connectivity index (χ0n) is 13.0. The molecule has 0 aliphatic carbocycles. The van der Waals surface area contributed by atoms with Crippen molar-refractivity contribution in [3.05, 3.63) is 56.7 Å². The number of nitro groups is 1. The first-order valence-electron chi connectivity index (χ1n) is 6.89. The second-order valence-corrected chi connectivity index (χ2v) is 5.41. The fourth-order valence-electron chi connectivity index (χ4n) is 1.71. The molecule has 0 unspecified atom stereocenters. The molecule has 2 rings (SSSR count). The number of hydrazone groups is 1. The van der Waals surface area contributed by atoms with E-state index in [1.807, 2.05) is 0 Å². The van der Waals surface area contributed by atoms with Crippen molar-refractivity contribution in [3.63, 3.8) is 0 Å². The normalized spacial score (nSPS) is 10.5. The molecule has 1 N–H and O–H groups in total. The molecule has 0 atom stereocenters. The molecule has 0 bridgehead atoms. The van der Waals surface area contributed by atoms with E-state index in [-0.39, 0.29) is 18.1 Å². The summed E-state index contributed by atoms with van der Waals surface area (Å²) in [5.74, 6) is 0.0235. The highest BCUT2D eigenvalue weighted by atomic mass is 79.9. The van der Waals surface area contributed by atoms with Gasteiger partial charge in [0.1, 0.15) is 5.75 Å². The van der Waals surface area contributed by atoms with Crippen LogP contribution in [0.4, 0.5) is 11.5 Å². The SMILES string of the molecule is COC(=O)COc1ccc(/C=N\Nc2ncccc2[N+](=O)[O-])cc1Br. The topological polar surface area (TPSA) is 116 Å². The summed E-state index contributed by atoms with van der Waals surface area (Å²) in [6.07, 6.45) is 2.89. The molecule has 2 aromatic rings. The van der Waals surface area contributed by atoms with Gasteiger partial charge in [0.25, 0.3) is 0 Å². The number of nitrogens with zero attached hydrogens (tertiary/aromatic N) is 3. The van der Waals surface area contributed by atoms with Crippen LogP contribution in [0, 0.1) is 10.1 Å². The van der Waals surface area contributed by atoms with Crippen LogP contribution >= 0.6 is 15.9 Å². The second kappa shape index (κ2) is 8.73. The van der Waals surface area contributed by atoms with Crippen LogP contribution in [-0.2, 0) is 9.53 Å². The Morgan fingerprint density at radius 3 is 2.96 bits per heavy atom. The number of methoxy groups -OCH3 is 1. The second-order valence-electron chi connectivity index (χ2n) is 4.55. The van der Waals surface area contributed by atoms with E-state index in [0.717, 1.165) is 0 Å².